The van der Waals surface area contributed by atoms with Crippen LogP contribution in [0.3, 0.4) is 0 Å². The second-order valence-corrected chi connectivity index (χ2v) is 5.94. The summed E-state index contributed by atoms with van der Waals surface area (Å²) < 4.78 is 30.4. The molecule has 1 amide bonds. The van der Waals surface area contributed by atoms with Crippen LogP contribution < -0.4 is 10.0 Å². The number of carbonyl (C=O) groups is 2. The van der Waals surface area contributed by atoms with Crippen molar-refractivity contribution in [2.24, 2.45) is 0 Å². The van der Waals surface area contributed by atoms with Gasteiger partial charge in [-0.25, -0.2) is 8.42 Å². The number of hydrogen-bond acceptors (Lipinski definition) is 5. The highest BCUT2D eigenvalue weighted by Crippen LogP contribution is 2.15. The number of rotatable bonds is 6. The minimum atomic E-state index is -3.91. The van der Waals surface area contributed by atoms with Crippen LogP contribution in [-0.4, -0.2) is 31.9 Å². The zero-order chi connectivity index (χ0) is 16.2. The average Bonchev–Trinajstić information content (AvgIpc) is 3.00. The Morgan fingerprint density at radius 1 is 1.14 bits per heavy atom. The van der Waals surface area contributed by atoms with Crippen molar-refractivity contribution < 1.29 is 27.5 Å². The SMILES string of the molecule is O=C(O)CNS(=O)(=O)c1ccc(NC(=O)c2ccco2)cc1. The number of carbonyl (C=O) groups excluding carboxylic acids is 1. The fraction of sp³-hybridized carbons (Fsp3) is 0.0769. The lowest BCUT2D eigenvalue weighted by Crippen LogP contribution is -2.29. The first-order valence-electron chi connectivity index (χ1n) is 6.05. The van der Waals surface area contributed by atoms with Crippen LogP contribution in [0.2, 0.25) is 0 Å². The van der Waals surface area contributed by atoms with Crippen LogP contribution in [0.5, 0.6) is 0 Å². The van der Waals surface area contributed by atoms with Crippen molar-refractivity contribution in [2.45, 2.75) is 4.90 Å². The molecule has 0 unspecified atom stereocenters. The molecule has 1 aromatic heterocycles. The maximum absolute atomic E-state index is 11.8. The van der Waals surface area contributed by atoms with Crippen molar-refractivity contribution in [2.75, 3.05) is 11.9 Å². The molecule has 2 rings (SSSR count). The van der Waals surface area contributed by atoms with Crippen LogP contribution in [-0.2, 0) is 14.8 Å². The first kappa shape index (κ1) is 15.7. The van der Waals surface area contributed by atoms with E-state index in [4.69, 9.17) is 9.52 Å². The number of carboxylic acid groups (broad SMARTS) is 1. The van der Waals surface area contributed by atoms with Crippen LogP contribution in [0, 0.1) is 0 Å². The van der Waals surface area contributed by atoms with Gasteiger partial charge in [0.2, 0.25) is 10.0 Å². The standard InChI is InChI=1S/C13H12N2O6S/c16-12(17)8-14-22(19,20)10-5-3-9(4-6-10)15-13(18)11-2-1-7-21-11/h1-7,14H,8H2,(H,15,18)(H,16,17). The fourth-order valence-corrected chi connectivity index (χ4v) is 2.53. The summed E-state index contributed by atoms with van der Waals surface area (Å²) >= 11 is 0. The molecule has 3 N–H and O–H groups in total. The molecule has 0 saturated carbocycles. The second kappa shape index (κ2) is 6.41. The van der Waals surface area contributed by atoms with Gasteiger partial charge in [0.1, 0.15) is 6.54 Å². The summed E-state index contributed by atoms with van der Waals surface area (Å²) in [6, 6.07) is 8.33. The Morgan fingerprint density at radius 3 is 2.36 bits per heavy atom. The number of amides is 1. The summed E-state index contributed by atoms with van der Waals surface area (Å²) in [5, 5.41) is 11.0. The molecule has 0 fully saturated rings. The minimum absolute atomic E-state index is 0.107. The van der Waals surface area contributed by atoms with Crippen molar-refractivity contribution >= 4 is 27.6 Å². The number of hydrogen-bond donors (Lipinski definition) is 3. The van der Waals surface area contributed by atoms with E-state index in [2.05, 4.69) is 5.32 Å². The van der Waals surface area contributed by atoms with Gasteiger partial charge < -0.3 is 14.8 Å². The van der Waals surface area contributed by atoms with Gasteiger partial charge in [-0.05, 0) is 36.4 Å². The number of anilines is 1. The van der Waals surface area contributed by atoms with Gasteiger partial charge >= 0.3 is 5.97 Å². The van der Waals surface area contributed by atoms with Crippen molar-refractivity contribution in [3.05, 3.63) is 48.4 Å². The van der Waals surface area contributed by atoms with Crippen molar-refractivity contribution in [3.63, 3.8) is 0 Å². The summed E-state index contributed by atoms with van der Waals surface area (Å²) in [7, 11) is -3.91. The molecule has 2 aromatic rings. The Bertz CT molecular complexity index is 765. The average molecular weight is 324 g/mol. The summed E-state index contributed by atoms with van der Waals surface area (Å²) in [6.07, 6.45) is 1.36. The number of aliphatic carboxylic acids is 1. The van der Waals surface area contributed by atoms with E-state index in [1.165, 1.54) is 36.6 Å². The number of nitrogens with one attached hydrogen (secondary N) is 2. The van der Waals surface area contributed by atoms with Crippen molar-refractivity contribution in [3.8, 4) is 0 Å². The lowest BCUT2D eigenvalue weighted by molar-refractivity contribution is -0.135. The zero-order valence-electron chi connectivity index (χ0n) is 11.1. The smallest absolute Gasteiger partial charge is 0.318 e. The second-order valence-electron chi connectivity index (χ2n) is 4.17. The first-order chi connectivity index (χ1) is 10.4. The molecular weight excluding hydrogens is 312 g/mol. The van der Waals surface area contributed by atoms with E-state index in [1.807, 2.05) is 4.72 Å². The van der Waals surface area contributed by atoms with Crippen LogP contribution in [0.4, 0.5) is 5.69 Å². The molecule has 1 aromatic carbocycles. The molecule has 22 heavy (non-hydrogen) atoms. The fourth-order valence-electron chi connectivity index (χ4n) is 1.56. The Balaban J connectivity index is 2.07. The van der Waals surface area contributed by atoms with Gasteiger partial charge in [-0.15, -0.1) is 0 Å². The van der Waals surface area contributed by atoms with Crippen LogP contribution in [0.1, 0.15) is 10.6 Å². The Hall–Kier alpha value is -2.65. The highest BCUT2D eigenvalue weighted by Gasteiger charge is 2.15. The summed E-state index contributed by atoms with van der Waals surface area (Å²) in [4.78, 5) is 22.0. The van der Waals surface area contributed by atoms with E-state index >= 15 is 0 Å². The predicted octanol–water partition coefficient (Wildman–Crippen LogP) is 0.895. The van der Waals surface area contributed by atoms with Gasteiger partial charge in [0, 0.05) is 5.69 Å². The third kappa shape index (κ3) is 3.93. The molecule has 0 aliphatic rings. The largest absolute Gasteiger partial charge is 0.480 e. The molecule has 0 bridgehead atoms. The zero-order valence-corrected chi connectivity index (χ0v) is 12.0. The molecule has 8 nitrogen and oxygen atoms in total. The first-order valence-corrected chi connectivity index (χ1v) is 7.53. The molecular formula is C13H12N2O6S. The van der Waals surface area contributed by atoms with Gasteiger partial charge in [-0.3, -0.25) is 9.59 Å². The number of furan rings is 1. The van der Waals surface area contributed by atoms with Gasteiger partial charge in [0.15, 0.2) is 5.76 Å². The number of sulfonamides is 1. The van der Waals surface area contributed by atoms with Gasteiger partial charge in [0.05, 0.1) is 11.2 Å². The molecule has 0 atom stereocenters. The lowest BCUT2D eigenvalue weighted by Gasteiger charge is -2.07. The topological polar surface area (TPSA) is 126 Å². The Morgan fingerprint density at radius 2 is 1.82 bits per heavy atom. The van der Waals surface area contributed by atoms with Gasteiger partial charge in [-0.1, -0.05) is 0 Å². The van der Waals surface area contributed by atoms with Crippen molar-refractivity contribution in [1.29, 1.82) is 0 Å². The van der Waals surface area contributed by atoms with E-state index in [1.54, 1.807) is 6.07 Å². The summed E-state index contributed by atoms with van der Waals surface area (Å²) in [5.41, 5.74) is 0.374. The van der Waals surface area contributed by atoms with Crippen LogP contribution in [0.15, 0.2) is 52.0 Å². The van der Waals surface area contributed by atoms with E-state index in [9.17, 15) is 18.0 Å². The predicted molar refractivity (Wildman–Crippen MR) is 75.9 cm³/mol. The van der Waals surface area contributed by atoms with Crippen molar-refractivity contribution in [1.82, 2.24) is 4.72 Å². The molecule has 0 aliphatic heterocycles. The maximum atomic E-state index is 11.8. The number of carboxylic acids is 1. The molecule has 0 saturated heterocycles. The normalized spacial score (nSPS) is 11.1. The molecule has 116 valence electrons. The summed E-state index contributed by atoms with van der Waals surface area (Å²) in [6.45, 7) is -0.709. The maximum Gasteiger partial charge on any atom is 0.318 e. The molecule has 0 spiro atoms. The van der Waals surface area contributed by atoms with Gasteiger partial charge in [0.25, 0.3) is 5.91 Å². The minimum Gasteiger partial charge on any atom is -0.480 e. The Kier molecular flexibility index (Phi) is 4.59. The Labute approximate surface area is 125 Å². The monoisotopic (exact) mass is 324 g/mol. The van der Waals surface area contributed by atoms with E-state index in [-0.39, 0.29) is 10.7 Å². The third-order valence-corrected chi connectivity index (χ3v) is 4.00. The highest BCUT2D eigenvalue weighted by molar-refractivity contribution is 7.89. The van der Waals surface area contributed by atoms with E-state index in [0.717, 1.165) is 0 Å². The third-order valence-electron chi connectivity index (χ3n) is 2.58. The highest BCUT2D eigenvalue weighted by atomic mass is 32.2. The molecule has 0 radical (unpaired) electrons. The quantitative estimate of drug-likeness (QED) is 0.724. The molecule has 1 heterocycles. The van der Waals surface area contributed by atoms with Crippen LogP contribution >= 0.6 is 0 Å². The van der Waals surface area contributed by atoms with E-state index < -0.39 is 28.4 Å². The summed E-state index contributed by atoms with van der Waals surface area (Å²) in [5.74, 6) is -1.63. The lowest BCUT2D eigenvalue weighted by atomic mass is 10.3. The van der Waals surface area contributed by atoms with Crippen LogP contribution in [0.25, 0.3) is 0 Å². The molecule has 0 aliphatic carbocycles. The number of benzene rings is 1. The van der Waals surface area contributed by atoms with E-state index in [0.29, 0.717) is 5.69 Å². The molecule has 9 heteroatoms. The van der Waals surface area contributed by atoms with Gasteiger partial charge in [-0.2, -0.15) is 4.72 Å².